The first-order valence-corrected chi connectivity index (χ1v) is 9.91. The van der Waals surface area contributed by atoms with Gasteiger partial charge in [0.25, 0.3) is 0 Å². The van der Waals surface area contributed by atoms with Crippen LogP contribution in [0.15, 0.2) is 42.5 Å². The maximum Gasteiger partial charge on any atom is 0.238 e. The predicted octanol–water partition coefficient (Wildman–Crippen LogP) is 4.14. The van der Waals surface area contributed by atoms with Crippen LogP contribution in [-0.4, -0.2) is 25.5 Å². The Balaban J connectivity index is 2.05. The summed E-state index contributed by atoms with van der Waals surface area (Å²) in [7, 11) is 1.54. The Kier molecular flexibility index (Phi) is 8.21. The van der Waals surface area contributed by atoms with E-state index in [1.54, 1.807) is 18.2 Å². The molecule has 6 heteroatoms. The van der Waals surface area contributed by atoms with Crippen LogP contribution in [0.1, 0.15) is 44.9 Å². The van der Waals surface area contributed by atoms with Gasteiger partial charge >= 0.3 is 0 Å². The van der Waals surface area contributed by atoms with E-state index < -0.39 is 0 Å². The fraction of sp³-hybridized carbons (Fsp3) is 0.391. The fourth-order valence-corrected chi connectivity index (χ4v) is 3.18. The van der Waals surface area contributed by atoms with Crippen LogP contribution >= 0.6 is 0 Å². The predicted molar refractivity (Wildman–Crippen MR) is 117 cm³/mol. The second-order valence-corrected chi connectivity index (χ2v) is 7.34. The molecule has 2 aromatic rings. The molecule has 0 unspecified atom stereocenters. The van der Waals surface area contributed by atoms with Crippen LogP contribution in [0.4, 0.5) is 11.4 Å². The minimum atomic E-state index is -0.181. The number of carbonyl (C=O) groups excluding carboxylic acids is 2. The number of anilines is 2. The van der Waals surface area contributed by atoms with Gasteiger partial charge < -0.3 is 20.7 Å². The van der Waals surface area contributed by atoms with Crippen LogP contribution in [0.5, 0.6) is 5.75 Å². The molecule has 0 aliphatic rings. The van der Waals surface area contributed by atoms with Crippen LogP contribution in [0.2, 0.25) is 0 Å². The molecule has 0 aromatic heterocycles. The molecule has 0 saturated heterocycles. The molecule has 0 heterocycles. The van der Waals surface area contributed by atoms with Crippen molar-refractivity contribution in [3.8, 4) is 5.75 Å². The highest BCUT2D eigenvalue weighted by atomic mass is 16.5. The highest BCUT2D eigenvalue weighted by Crippen LogP contribution is 2.28. The number of ether oxygens (including phenoxy) is 1. The van der Waals surface area contributed by atoms with E-state index in [2.05, 4.69) is 61.0 Å². The quantitative estimate of drug-likeness (QED) is 0.594. The van der Waals surface area contributed by atoms with Crippen molar-refractivity contribution in [3.63, 3.8) is 0 Å². The third-order valence-electron chi connectivity index (χ3n) is 4.69. The SMILES string of the molecule is CCc1ccc([C@H](NCC(=O)Nc2cc(NC(C)=O)ccc2OC)C(C)C)cc1. The van der Waals surface area contributed by atoms with Crippen molar-refractivity contribution in [2.24, 2.45) is 5.92 Å². The lowest BCUT2D eigenvalue weighted by atomic mass is 9.95. The van der Waals surface area contributed by atoms with Crippen LogP contribution in [-0.2, 0) is 16.0 Å². The monoisotopic (exact) mass is 397 g/mol. The van der Waals surface area contributed by atoms with E-state index in [1.165, 1.54) is 19.6 Å². The minimum Gasteiger partial charge on any atom is -0.495 e. The van der Waals surface area contributed by atoms with Gasteiger partial charge in [-0.25, -0.2) is 0 Å². The molecule has 29 heavy (non-hydrogen) atoms. The Bertz CT molecular complexity index is 832. The van der Waals surface area contributed by atoms with E-state index >= 15 is 0 Å². The van der Waals surface area contributed by atoms with Gasteiger partial charge in [-0.1, -0.05) is 45.0 Å². The summed E-state index contributed by atoms with van der Waals surface area (Å²) in [5, 5.41) is 8.92. The summed E-state index contributed by atoms with van der Waals surface area (Å²) in [6.45, 7) is 7.98. The minimum absolute atomic E-state index is 0.0688. The number of hydrogen-bond donors (Lipinski definition) is 3. The van der Waals surface area contributed by atoms with Gasteiger partial charge in [0.1, 0.15) is 5.75 Å². The molecule has 0 fully saturated rings. The third-order valence-corrected chi connectivity index (χ3v) is 4.69. The summed E-state index contributed by atoms with van der Waals surface area (Å²) in [5.74, 6) is 0.498. The average Bonchev–Trinajstić information content (AvgIpc) is 2.68. The van der Waals surface area contributed by atoms with E-state index in [0.29, 0.717) is 23.0 Å². The molecule has 0 aliphatic heterocycles. The van der Waals surface area contributed by atoms with Crippen LogP contribution in [0.25, 0.3) is 0 Å². The van der Waals surface area contributed by atoms with Gasteiger partial charge in [0.2, 0.25) is 11.8 Å². The summed E-state index contributed by atoms with van der Waals surface area (Å²) in [4.78, 5) is 23.8. The second-order valence-electron chi connectivity index (χ2n) is 7.34. The Morgan fingerprint density at radius 3 is 2.28 bits per heavy atom. The summed E-state index contributed by atoms with van der Waals surface area (Å²) in [5.41, 5.74) is 3.56. The van der Waals surface area contributed by atoms with Gasteiger partial charge in [0.15, 0.2) is 0 Å². The summed E-state index contributed by atoms with van der Waals surface area (Å²) in [6, 6.07) is 13.7. The molecule has 0 bridgehead atoms. The largest absolute Gasteiger partial charge is 0.495 e. The number of methoxy groups -OCH3 is 1. The van der Waals surface area contributed by atoms with Crippen molar-refractivity contribution in [1.29, 1.82) is 0 Å². The third kappa shape index (κ3) is 6.61. The van der Waals surface area contributed by atoms with E-state index in [1.807, 2.05) is 0 Å². The fourth-order valence-electron chi connectivity index (χ4n) is 3.18. The van der Waals surface area contributed by atoms with Gasteiger partial charge in [0, 0.05) is 18.7 Å². The average molecular weight is 398 g/mol. The Hall–Kier alpha value is -2.86. The lowest BCUT2D eigenvalue weighted by Gasteiger charge is -2.23. The molecular weight excluding hydrogens is 366 g/mol. The maximum atomic E-state index is 12.6. The van der Waals surface area contributed by atoms with Crippen molar-refractivity contribution in [1.82, 2.24) is 5.32 Å². The zero-order chi connectivity index (χ0) is 21.4. The standard InChI is InChI=1S/C23H31N3O3/c1-6-17-7-9-18(10-8-17)23(15(2)3)24-14-22(28)26-20-13-19(25-16(4)27)11-12-21(20)29-5/h7-13,15,23-24H,6,14H2,1-5H3,(H,25,27)(H,26,28)/t23-/m1/s1. The van der Waals surface area contributed by atoms with Crippen LogP contribution in [0.3, 0.4) is 0 Å². The zero-order valence-corrected chi connectivity index (χ0v) is 17.8. The van der Waals surface area contributed by atoms with Gasteiger partial charge in [-0.3, -0.25) is 9.59 Å². The van der Waals surface area contributed by atoms with Gasteiger partial charge in [-0.15, -0.1) is 0 Å². The first-order chi connectivity index (χ1) is 13.8. The lowest BCUT2D eigenvalue weighted by molar-refractivity contribution is -0.116. The molecule has 0 radical (unpaired) electrons. The number of benzene rings is 2. The topological polar surface area (TPSA) is 79.5 Å². The summed E-state index contributed by atoms with van der Waals surface area (Å²) in [6.07, 6.45) is 1.00. The molecule has 0 saturated carbocycles. The number of rotatable bonds is 9. The molecule has 3 N–H and O–H groups in total. The normalized spacial score (nSPS) is 11.8. The van der Waals surface area contributed by atoms with Crippen LogP contribution in [0, 0.1) is 5.92 Å². The molecule has 2 amide bonds. The van der Waals surface area contributed by atoms with E-state index in [4.69, 9.17) is 4.74 Å². The molecule has 0 spiro atoms. The van der Waals surface area contributed by atoms with Crippen molar-refractivity contribution in [2.45, 2.75) is 40.2 Å². The number of nitrogens with one attached hydrogen (secondary N) is 3. The Morgan fingerprint density at radius 2 is 1.72 bits per heavy atom. The molecule has 2 aromatic carbocycles. The van der Waals surface area contributed by atoms with E-state index in [0.717, 1.165) is 12.0 Å². The van der Waals surface area contributed by atoms with Crippen molar-refractivity contribution >= 4 is 23.2 Å². The Morgan fingerprint density at radius 1 is 1.03 bits per heavy atom. The highest BCUT2D eigenvalue weighted by molar-refractivity contribution is 5.95. The molecule has 1 atom stereocenters. The van der Waals surface area contributed by atoms with Crippen molar-refractivity contribution in [2.75, 3.05) is 24.3 Å². The number of aryl methyl sites for hydroxylation is 1. The van der Waals surface area contributed by atoms with E-state index in [-0.39, 0.29) is 24.4 Å². The molecule has 0 aliphatic carbocycles. The molecular formula is C23H31N3O3. The van der Waals surface area contributed by atoms with Gasteiger partial charge in [-0.2, -0.15) is 0 Å². The summed E-state index contributed by atoms with van der Waals surface area (Å²) < 4.78 is 5.31. The van der Waals surface area contributed by atoms with Gasteiger partial charge in [0.05, 0.1) is 19.3 Å². The zero-order valence-electron chi connectivity index (χ0n) is 17.8. The molecule has 2 rings (SSSR count). The number of hydrogen-bond acceptors (Lipinski definition) is 4. The smallest absolute Gasteiger partial charge is 0.238 e. The summed E-state index contributed by atoms with van der Waals surface area (Å²) >= 11 is 0. The molecule has 156 valence electrons. The maximum absolute atomic E-state index is 12.6. The van der Waals surface area contributed by atoms with Crippen LogP contribution < -0.4 is 20.7 Å². The first kappa shape index (κ1) is 22.4. The number of amides is 2. The second kappa shape index (κ2) is 10.6. The first-order valence-electron chi connectivity index (χ1n) is 9.91. The highest BCUT2D eigenvalue weighted by Gasteiger charge is 2.17. The van der Waals surface area contributed by atoms with Gasteiger partial charge in [-0.05, 0) is 41.7 Å². The Labute approximate surface area is 173 Å². The van der Waals surface area contributed by atoms with Crippen molar-refractivity contribution < 1.29 is 14.3 Å². The molecule has 6 nitrogen and oxygen atoms in total. The lowest BCUT2D eigenvalue weighted by Crippen LogP contribution is -2.33. The number of carbonyl (C=O) groups is 2. The van der Waals surface area contributed by atoms with Crippen molar-refractivity contribution in [3.05, 3.63) is 53.6 Å². The van der Waals surface area contributed by atoms with E-state index in [9.17, 15) is 9.59 Å².